The molecule has 2 rings (SSSR count). The van der Waals surface area contributed by atoms with Crippen molar-refractivity contribution in [3.8, 4) is 5.88 Å². The lowest BCUT2D eigenvalue weighted by Crippen LogP contribution is -2.21. The molecule has 0 spiro atoms. The molecule has 96 valence electrons. The number of ether oxygens (including phenoxy) is 1. The second kappa shape index (κ2) is 5.43. The van der Waals surface area contributed by atoms with Crippen LogP contribution in [0, 0.1) is 0 Å². The highest BCUT2D eigenvalue weighted by Crippen LogP contribution is 2.29. The van der Waals surface area contributed by atoms with E-state index in [0.717, 1.165) is 42.9 Å². The lowest BCUT2D eigenvalue weighted by atomic mass is 9.98. The highest BCUT2D eigenvalue weighted by molar-refractivity contribution is 5.53. The first-order chi connectivity index (χ1) is 8.22. The zero-order chi connectivity index (χ0) is 12.3. The Balaban J connectivity index is 2.08. The number of nitrogen functional groups attached to an aromatic ring is 1. The number of rotatable bonds is 4. The number of nitrogens with zero attached hydrogens (tertiary/aromatic N) is 2. The summed E-state index contributed by atoms with van der Waals surface area (Å²) in [5.74, 6) is 0.764. The quantitative estimate of drug-likeness (QED) is 0.876. The minimum atomic E-state index is 0.330. The average molecular weight is 237 g/mol. The summed E-state index contributed by atoms with van der Waals surface area (Å²) < 4.78 is 7.81. The maximum absolute atomic E-state index is 6.10. The molecule has 17 heavy (non-hydrogen) atoms. The Morgan fingerprint density at radius 3 is 2.71 bits per heavy atom. The Bertz CT molecular complexity index is 367. The summed E-state index contributed by atoms with van der Waals surface area (Å²) in [6, 6.07) is 0. The van der Waals surface area contributed by atoms with Gasteiger partial charge >= 0.3 is 0 Å². The SMILES string of the molecule is CCCc1nn(C)c(OC2CCCCC2)c1N. The van der Waals surface area contributed by atoms with E-state index in [0.29, 0.717) is 6.10 Å². The van der Waals surface area contributed by atoms with E-state index in [1.54, 1.807) is 4.68 Å². The minimum Gasteiger partial charge on any atom is -0.473 e. The van der Waals surface area contributed by atoms with Gasteiger partial charge in [0.05, 0.1) is 5.69 Å². The smallest absolute Gasteiger partial charge is 0.236 e. The van der Waals surface area contributed by atoms with Crippen LogP contribution in [-0.4, -0.2) is 15.9 Å². The van der Waals surface area contributed by atoms with Crippen molar-refractivity contribution in [2.24, 2.45) is 7.05 Å². The molecule has 0 bridgehead atoms. The summed E-state index contributed by atoms with van der Waals surface area (Å²) in [7, 11) is 1.91. The fourth-order valence-corrected chi connectivity index (χ4v) is 2.48. The van der Waals surface area contributed by atoms with Crippen molar-refractivity contribution >= 4 is 5.69 Å². The predicted octanol–water partition coefficient (Wildman–Crippen LogP) is 2.67. The Morgan fingerprint density at radius 2 is 2.06 bits per heavy atom. The third-order valence-corrected chi connectivity index (χ3v) is 3.42. The molecule has 2 N–H and O–H groups in total. The molecule has 1 fully saturated rings. The van der Waals surface area contributed by atoms with E-state index in [1.807, 2.05) is 7.05 Å². The van der Waals surface area contributed by atoms with Gasteiger partial charge in [0.1, 0.15) is 11.8 Å². The maximum atomic E-state index is 6.10. The number of hydrogen-bond acceptors (Lipinski definition) is 3. The van der Waals surface area contributed by atoms with Gasteiger partial charge in [-0.05, 0) is 32.1 Å². The fraction of sp³-hybridized carbons (Fsp3) is 0.769. The van der Waals surface area contributed by atoms with E-state index in [9.17, 15) is 0 Å². The van der Waals surface area contributed by atoms with E-state index < -0.39 is 0 Å². The van der Waals surface area contributed by atoms with Crippen LogP contribution in [0.25, 0.3) is 0 Å². The molecule has 1 aromatic rings. The largest absolute Gasteiger partial charge is 0.473 e. The van der Waals surface area contributed by atoms with Gasteiger partial charge in [-0.3, -0.25) is 0 Å². The molecule has 1 aromatic heterocycles. The predicted molar refractivity (Wildman–Crippen MR) is 69.1 cm³/mol. The zero-order valence-corrected chi connectivity index (χ0v) is 10.9. The molecule has 0 unspecified atom stereocenters. The Labute approximate surface area is 103 Å². The molecular weight excluding hydrogens is 214 g/mol. The molecule has 4 nitrogen and oxygen atoms in total. The number of aryl methyl sites for hydroxylation is 2. The van der Waals surface area contributed by atoms with E-state index in [4.69, 9.17) is 10.5 Å². The van der Waals surface area contributed by atoms with E-state index in [2.05, 4.69) is 12.0 Å². The lowest BCUT2D eigenvalue weighted by Gasteiger charge is -2.23. The van der Waals surface area contributed by atoms with Gasteiger partial charge in [0, 0.05) is 7.05 Å². The van der Waals surface area contributed by atoms with Crippen molar-refractivity contribution in [1.29, 1.82) is 0 Å². The van der Waals surface area contributed by atoms with Gasteiger partial charge in [-0.15, -0.1) is 0 Å². The monoisotopic (exact) mass is 237 g/mol. The Kier molecular flexibility index (Phi) is 3.92. The van der Waals surface area contributed by atoms with Crippen LogP contribution < -0.4 is 10.5 Å². The van der Waals surface area contributed by atoms with E-state index in [-0.39, 0.29) is 0 Å². The second-order valence-corrected chi connectivity index (χ2v) is 4.92. The van der Waals surface area contributed by atoms with Gasteiger partial charge in [-0.25, -0.2) is 4.68 Å². The molecule has 0 atom stereocenters. The highest BCUT2D eigenvalue weighted by Gasteiger charge is 2.20. The summed E-state index contributed by atoms with van der Waals surface area (Å²) in [4.78, 5) is 0. The standard InChI is InChI=1S/C13H23N3O/c1-3-7-11-12(14)13(16(2)15-11)17-10-8-5-4-6-9-10/h10H,3-9,14H2,1-2H3. The van der Waals surface area contributed by atoms with Gasteiger partial charge in [-0.1, -0.05) is 19.8 Å². The van der Waals surface area contributed by atoms with Crippen LogP contribution in [0.1, 0.15) is 51.1 Å². The van der Waals surface area contributed by atoms with Crippen LogP contribution in [0.3, 0.4) is 0 Å². The van der Waals surface area contributed by atoms with Crippen molar-refractivity contribution in [3.05, 3.63) is 5.69 Å². The van der Waals surface area contributed by atoms with Crippen molar-refractivity contribution in [1.82, 2.24) is 9.78 Å². The van der Waals surface area contributed by atoms with Crippen LogP contribution in [-0.2, 0) is 13.5 Å². The van der Waals surface area contributed by atoms with Crippen molar-refractivity contribution in [2.75, 3.05) is 5.73 Å². The normalized spacial score (nSPS) is 17.3. The van der Waals surface area contributed by atoms with Crippen LogP contribution in [0.2, 0.25) is 0 Å². The van der Waals surface area contributed by atoms with Crippen LogP contribution in [0.5, 0.6) is 5.88 Å². The Hall–Kier alpha value is -1.19. The van der Waals surface area contributed by atoms with Gasteiger partial charge in [0.25, 0.3) is 0 Å². The van der Waals surface area contributed by atoms with Crippen molar-refractivity contribution < 1.29 is 4.74 Å². The molecule has 4 heteroatoms. The summed E-state index contributed by atoms with van der Waals surface area (Å²) in [5.41, 5.74) is 7.81. The average Bonchev–Trinajstić information content (AvgIpc) is 2.59. The van der Waals surface area contributed by atoms with Crippen LogP contribution >= 0.6 is 0 Å². The first-order valence-corrected chi connectivity index (χ1v) is 6.70. The van der Waals surface area contributed by atoms with Crippen LogP contribution in [0.15, 0.2) is 0 Å². The number of nitrogens with two attached hydrogens (primary N) is 1. The maximum Gasteiger partial charge on any atom is 0.236 e. The molecule has 0 aliphatic heterocycles. The summed E-state index contributed by atoms with van der Waals surface area (Å²) in [5, 5.41) is 4.43. The number of hydrogen-bond donors (Lipinski definition) is 1. The first-order valence-electron chi connectivity index (χ1n) is 6.70. The molecule has 1 aliphatic rings. The van der Waals surface area contributed by atoms with E-state index in [1.165, 1.54) is 19.3 Å². The third-order valence-electron chi connectivity index (χ3n) is 3.42. The van der Waals surface area contributed by atoms with Gasteiger partial charge in [0.15, 0.2) is 0 Å². The minimum absolute atomic E-state index is 0.330. The molecule has 0 saturated heterocycles. The molecule has 0 aromatic carbocycles. The molecule has 1 aliphatic carbocycles. The van der Waals surface area contributed by atoms with Crippen LogP contribution in [0.4, 0.5) is 5.69 Å². The van der Waals surface area contributed by atoms with Gasteiger partial charge in [-0.2, -0.15) is 5.10 Å². The van der Waals surface area contributed by atoms with Gasteiger partial charge in [0.2, 0.25) is 5.88 Å². The van der Waals surface area contributed by atoms with Crippen molar-refractivity contribution in [2.45, 2.75) is 58.0 Å². The molecule has 1 saturated carbocycles. The number of aromatic nitrogens is 2. The van der Waals surface area contributed by atoms with Gasteiger partial charge < -0.3 is 10.5 Å². The first kappa shape index (κ1) is 12.3. The van der Waals surface area contributed by atoms with Crippen molar-refractivity contribution in [3.63, 3.8) is 0 Å². The summed E-state index contributed by atoms with van der Waals surface area (Å²) in [6.07, 6.45) is 8.48. The lowest BCUT2D eigenvalue weighted by molar-refractivity contribution is 0.143. The fourth-order valence-electron chi connectivity index (χ4n) is 2.48. The summed E-state index contributed by atoms with van der Waals surface area (Å²) >= 11 is 0. The topological polar surface area (TPSA) is 53.1 Å². The Morgan fingerprint density at radius 1 is 1.35 bits per heavy atom. The second-order valence-electron chi connectivity index (χ2n) is 4.92. The molecule has 1 heterocycles. The highest BCUT2D eigenvalue weighted by atomic mass is 16.5. The summed E-state index contributed by atoms with van der Waals surface area (Å²) in [6.45, 7) is 2.13. The molecular formula is C13H23N3O. The molecule has 0 radical (unpaired) electrons. The third kappa shape index (κ3) is 2.73. The number of anilines is 1. The zero-order valence-electron chi connectivity index (χ0n) is 10.9. The molecule has 0 amide bonds. The van der Waals surface area contributed by atoms with E-state index >= 15 is 0 Å².